The molecule has 5 atom stereocenters. The summed E-state index contributed by atoms with van der Waals surface area (Å²) in [5, 5.41) is 10.1. The van der Waals surface area contributed by atoms with Gasteiger partial charge in [-0.15, -0.1) is 0 Å². The molecule has 0 spiro atoms. The van der Waals surface area contributed by atoms with Gasteiger partial charge in [0, 0.05) is 20.6 Å². The Kier molecular flexibility index (Phi) is 22.1. The Hall–Kier alpha value is -4.70. The van der Waals surface area contributed by atoms with Gasteiger partial charge in [-0.05, 0) is 70.3 Å². The van der Waals surface area contributed by atoms with E-state index in [-0.39, 0.29) is 37.3 Å². The number of carbonyl (C=O) groups is 7. The van der Waals surface area contributed by atoms with Gasteiger partial charge in [-0.25, -0.2) is 4.79 Å². The molecule has 3 rings (SSSR count). The predicted molar refractivity (Wildman–Crippen MR) is 213 cm³/mol. The summed E-state index contributed by atoms with van der Waals surface area (Å²) in [5.41, 5.74) is -1.95. The third-order valence-corrected chi connectivity index (χ3v) is 10.0. The number of nitrogens with one attached hydrogen (secondary N) is 4. The minimum Gasteiger partial charge on any atom is -0.434 e. The Bertz CT molecular complexity index is 1490. The fourth-order valence-corrected chi connectivity index (χ4v) is 6.37. The number of hydrogen-bond donors (Lipinski definition) is 4. The second kappa shape index (κ2) is 24.9. The number of benzene rings is 1. The van der Waals surface area contributed by atoms with Crippen molar-refractivity contribution in [3.63, 3.8) is 0 Å². The number of Topliss-reactive ketones (excluding diaryl/α,β-unsaturated/α-hetero) is 1. The third kappa shape index (κ3) is 16.6. The van der Waals surface area contributed by atoms with E-state index < -0.39 is 72.0 Å². The van der Waals surface area contributed by atoms with E-state index in [1.807, 2.05) is 58.0 Å². The van der Waals surface area contributed by atoms with Crippen molar-refractivity contribution in [2.45, 2.75) is 142 Å². The molecule has 6 amide bonds. The highest BCUT2D eigenvalue weighted by molar-refractivity contribution is 6.38. The Labute approximate surface area is 341 Å². The zero-order chi connectivity index (χ0) is 44.2. The lowest BCUT2D eigenvalue weighted by atomic mass is 9.83. The van der Waals surface area contributed by atoms with Crippen LogP contribution >= 0.6 is 0 Å². The quantitative estimate of drug-likeness (QED) is 0.129. The number of alkyl halides is 3. The van der Waals surface area contributed by atoms with Gasteiger partial charge in [0.25, 0.3) is 5.91 Å². The van der Waals surface area contributed by atoms with Crippen molar-refractivity contribution < 1.29 is 51.5 Å². The van der Waals surface area contributed by atoms with Crippen molar-refractivity contribution in [3.8, 4) is 0 Å². The van der Waals surface area contributed by atoms with Gasteiger partial charge in [0.15, 0.2) is 0 Å². The summed E-state index contributed by atoms with van der Waals surface area (Å²) < 4.78 is 45.0. The SMILES string of the molecule is CC.CCC(C)CC(NC(=O)C1CCCN1C(=O)C(NC(=O)OC(C)(C)C(F)(F)F)C1CCCCC1)C(=O)C(=O)NCC(=O)NC(C)c1ccccc1.CN(C)C=O. The molecule has 1 heterocycles. The average Bonchev–Trinajstić information content (AvgIpc) is 3.69. The molecule has 2 aliphatic rings. The number of ketones is 1. The van der Waals surface area contributed by atoms with Crippen LogP contribution in [-0.4, -0.2) is 109 Å². The highest BCUT2D eigenvalue weighted by atomic mass is 19.4. The number of ether oxygens (including phenoxy) is 1. The Balaban J connectivity index is 0.00000222. The van der Waals surface area contributed by atoms with Crippen molar-refractivity contribution in [2.75, 3.05) is 27.2 Å². The number of rotatable bonds is 16. The maximum Gasteiger partial charge on any atom is 0.427 e. The average molecular weight is 827 g/mol. The number of likely N-dealkylation sites (tertiary alicyclic amines) is 1. The Morgan fingerprint density at radius 2 is 1.50 bits per heavy atom. The molecule has 4 N–H and O–H groups in total. The van der Waals surface area contributed by atoms with Crippen molar-refractivity contribution in [1.29, 1.82) is 0 Å². The Morgan fingerprint density at radius 3 is 2.03 bits per heavy atom. The maximum atomic E-state index is 14.0. The van der Waals surface area contributed by atoms with Crippen molar-refractivity contribution in [3.05, 3.63) is 35.9 Å². The van der Waals surface area contributed by atoms with Crippen molar-refractivity contribution in [2.24, 2.45) is 11.8 Å². The van der Waals surface area contributed by atoms with Crippen LogP contribution in [0.25, 0.3) is 0 Å². The van der Waals surface area contributed by atoms with E-state index in [1.54, 1.807) is 21.0 Å². The summed E-state index contributed by atoms with van der Waals surface area (Å²) in [7, 11) is 3.38. The first-order valence-corrected chi connectivity index (χ1v) is 20.2. The van der Waals surface area contributed by atoms with Gasteiger partial charge in [-0.2, -0.15) is 13.2 Å². The van der Waals surface area contributed by atoms with Crippen LogP contribution in [0.15, 0.2) is 30.3 Å². The molecule has 17 heteroatoms. The van der Waals surface area contributed by atoms with Gasteiger partial charge in [-0.3, -0.25) is 28.8 Å². The maximum absolute atomic E-state index is 14.0. The van der Waals surface area contributed by atoms with Crippen LogP contribution in [0.4, 0.5) is 18.0 Å². The van der Waals surface area contributed by atoms with E-state index >= 15 is 0 Å². The van der Waals surface area contributed by atoms with Crippen LogP contribution in [0, 0.1) is 11.8 Å². The first kappa shape index (κ1) is 51.3. The highest BCUT2D eigenvalue weighted by Crippen LogP contribution is 2.34. The lowest BCUT2D eigenvalue weighted by molar-refractivity contribution is -0.244. The molecule has 1 saturated heterocycles. The number of hydrogen-bond acceptors (Lipinski definition) is 8. The van der Waals surface area contributed by atoms with E-state index in [9.17, 15) is 46.7 Å². The van der Waals surface area contributed by atoms with E-state index in [4.69, 9.17) is 4.74 Å². The number of carbonyl (C=O) groups excluding carboxylic acids is 7. The molecule has 58 heavy (non-hydrogen) atoms. The first-order valence-electron chi connectivity index (χ1n) is 20.2. The number of amides is 6. The number of halogens is 3. The molecular formula is C41H65F3N6O8. The van der Waals surface area contributed by atoms with Crippen LogP contribution < -0.4 is 21.3 Å². The molecule has 5 unspecified atom stereocenters. The van der Waals surface area contributed by atoms with Crippen LogP contribution in [0.1, 0.15) is 118 Å². The zero-order valence-electron chi connectivity index (χ0n) is 35.5. The van der Waals surface area contributed by atoms with Crippen molar-refractivity contribution >= 4 is 41.9 Å². The molecule has 0 bridgehead atoms. The topological polar surface area (TPSA) is 183 Å². The van der Waals surface area contributed by atoms with E-state index in [2.05, 4.69) is 21.3 Å². The smallest absolute Gasteiger partial charge is 0.427 e. The third-order valence-electron chi connectivity index (χ3n) is 10.0. The molecule has 1 aromatic rings. The summed E-state index contributed by atoms with van der Waals surface area (Å²) >= 11 is 0. The van der Waals surface area contributed by atoms with E-state index in [1.165, 1.54) is 9.80 Å². The van der Waals surface area contributed by atoms with Crippen LogP contribution in [0.3, 0.4) is 0 Å². The van der Waals surface area contributed by atoms with Gasteiger partial charge >= 0.3 is 12.3 Å². The normalized spacial score (nSPS) is 17.6. The molecule has 2 fully saturated rings. The van der Waals surface area contributed by atoms with Gasteiger partial charge in [0.1, 0.15) is 12.1 Å². The second-order valence-electron chi connectivity index (χ2n) is 15.2. The summed E-state index contributed by atoms with van der Waals surface area (Å²) in [6, 6.07) is 5.32. The summed E-state index contributed by atoms with van der Waals surface area (Å²) in [5.74, 6) is -4.26. The summed E-state index contributed by atoms with van der Waals surface area (Å²) in [4.78, 5) is 91.4. The van der Waals surface area contributed by atoms with Crippen LogP contribution in [-0.2, 0) is 33.5 Å². The molecule has 14 nitrogen and oxygen atoms in total. The van der Waals surface area contributed by atoms with Gasteiger partial charge in [0.05, 0.1) is 18.6 Å². The molecule has 328 valence electrons. The van der Waals surface area contributed by atoms with Crippen LogP contribution in [0.2, 0.25) is 0 Å². The fourth-order valence-electron chi connectivity index (χ4n) is 6.37. The molecule has 1 aliphatic heterocycles. The van der Waals surface area contributed by atoms with E-state index in [0.29, 0.717) is 39.5 Å². The number of nitrogens with zero attached hydrogens (tertiary/aromatic N) is 2. The summed E-state index contributed by atoms with van der Waals surface area (Å²) in [6.07, 6.45) is -0.531. The zero-order valence-corrected chi connectivity index (χ0v) is 35.5. The summed E-state index contributed by atoms with van der Waals surface area (Å²) in [6.45, 7) is 10.6. The minimum atomic E-state index is -4.85. The van der Waals surface area contributed by atoms with Crippen molar-refractivity contribution in [1.82, 2.24) is 31.1 Å². The minimum absolute atomic E-state index is 0.0739. The second-order valence-corrected chi connectivity index (χ2v) is 15.2. The predicted octanol–water partition coefficient (Wildman–Crippen LogP) is 5.21. The molecular weight excluding hydrogens is 761 g/mol. The van der Waals surface area contributed by atoms with Gasteiger partial charge in [0.2, 0.25) is 35.5 Å². The largest absolute Gasteiger partial charge is 0.434 e. The molecule has 1 aromatic carbocycles. The standard InChI is InChI=1S/C36H52F3N5O7.C3H7NO.C2H6/c1-6-22(2)20-26(30(46)32(48)40-21-28(45)41-23(3)24-14-9-7-10-15-24)42-31(47)27-18-13-19-44(27)33(49)29(25-16-11-8-12-17-25)43-34(50)51-35(4,5)36(37,38)39;1-4(2)3-5;1-2/h7,9-10,14-15,22-23,25-27,29H,6,8,11-13,16-21H2,1-5H3,(H,40,48)(H,41,45)(H,42,47)(H,43,50);3H,1-2H3;1-2H3. The first-order chi connectivity index (χ1) is 27.2. The van der Waals surface area contributed by atoms with Gasteiger partial charge in [-0.1, -0.05) is 83.7 Å². The van der Waals surface area contributed by atoms with Gasteiger partial charge < -0.3 is 35.8 Å². The lowest BCUT2D eigenvalue weighted by Crippen LogP contribution is -2.58. The van der Waals surface area contributed by atoms with E-state index in [0.717, 1.165) is 31.2 Å². The van der Waals surface area contributed by atoms with Crippen LogP contribution in [0.5, 0.6) is 0 Å². The lowest BCUT2D eigenvalue weighted by Gasteiger charge is -2.35. The molecule has 1 aliphatic carbocycles. The monoisotopic (exact) mass is 826 g/mol. The fraction of sp³-hybridized carbons (Fsp3) is 0.683. The molecule has 0 aromatic heterocycles. The number of alkyl carbamates (subject to hydrolysis) is 1. The molecule has 1 saturated carbocycles. The molecule has 0 radical (unpaired) electrons. The highest BCUT2D eigenvalue weighted by Gasteiger charge is 2.51. The Morgan fingerprint density at radius 1 is 0.914 bits per heavy atom.